The molecule has 2 aromatic rings. The molecule has 0 radical (unpaired) electrons. The van der Waals surface area contributed by atoms with Crippen LogP contribution in [0.2, 0.25) is 5.02 Å². The maximum absolute atomic E-state index is 11.9. The molecule has 0 unspecified atom stereocenters. The van der Waals surface area contributed by atoms with Crippen molar-refractivity contribution < 1.29 is 19.1 Å². The van der Waals surface area contributed by atoms with Gasteiger partial charge in [0.2, 0.25) is 11.8 Å². The topological polar surface area (TPSA) is 84.5 Å². The van der Waals surface area contributed by atoms with Crippen LogP contribution in [0.3, 0.4) is 0 Å². The van der Waals surface area contributed by atoms with Gasteiger partial charge in [0.05, 0.1) is 12.7 Å². The second-order valence-corrected chi connectivity index (χ2v) is 5.29. The minimum absolute atomic E-state index is 0.306. The lowest BCUT2D eigenvalue weighted by Gasteiger charge is -2.08. The summed E-state index contributed by atoms with van der Waals surface area (Å²) >= 11 is 5.76. The first-order valence-electron chi connectivity index (χ1n) is 7.01. The standard InChI is InChI=1S/C17H15ClN2O4/c1-24-17(23)11-3-2-4-14(9-11)20-16(22)10-15(21)19-13-7-5-12(18)6-8-13/h2-9H,10H2,1H3,(H,19,21)(H,20,22). The third kappa shape index (κ3) is 5.10. The number of carbonyl (C=O) groups is 3. The summed E-state index contributed by atoms with van der Waals surface area (Å²) in [5.41, 5.74) is 1.26. The van der Waals surface area contributed by atoms with Gasteiger partial charge in [0.1, 0.15) is 6.42 Å². The van der Waals surface area contributed by atoms with E-state index < -0.39 is 17.8 Å². The summed E-state index contributed by atoms with van der Waals surface area (Å²) in [6.07, 6.45) is -0.356. The molecule has 2 rings (SSSR count). The Bertz CT molecular complexity index is 759. The van der Waals surface area contributed by atoms with Crippen molar-refractivity contribution >= 4 is 40.8 Å². The number of halogens is 1. The molecular weight excluding hydrogens is 332 g/mol. The summed E-state index contributed by atoms with van der Waals surface area (Å²) in [5, 5.41) is 5.70. The molecule has 2 amide bonds. The fourth-order valence-electron chi connectivity index (χ4n) is 1.93. The summed E-state index contributed by atoms with van der Waals surface area (Å²) in [6, 6.07) is 12.8. The van der Waals surface area contributed by atoms with E-state index in [9.17, 15) is 14.4 Å². The van der Waals surface area contributed by atoms with Gasteiger partial charge in [-0.25, -0.2) is 4.79 Å². The van der Waals surface area contributed by atoms with Gasteiger partial charge in [-0.15, -0.1) is 0 Å². The first-order valence-corrected chi connectivity index (χ1v) is 7.39. The molecule has 0 spiro atoms. The number of nitrogens with one attached hydrogen (secondary N) is 2. The highest BCUT2D eigenvalue weighted by Gasteiger charge is 2.11. The number of rotatable bonds is 5. The number of esters is 1. The Morgan fingerprint density at radius 2 is 1.58 bits per heavy atom. The second kappa shape index (κ2) is 8.12. The molecule has 0 aliphatic rings. The van der Waals surface area contributed by atoms with Gasteiger partial charge in [-0.05, 0) is 42.5 Å². The molecule has 0 saturated heterocycles. The van der Waals surface area contributed by atoms with E-state index in [0.717, 1.165) is 0 Å². The summed E-state index contributed by atoms with van der Waals surface area (Å²) in [4.78, 5) is 35.2. The summed E-state index contributed by atoms with van der Waals surface area (Å²) in [5.74, 6) is -1.46. The Morgan fingerprint density at radius 1 is 0.958 bits per heavy atom. The van der Waals surface area contributed by atoms with E-state index in [1.54, 1.807) is 42.5 Å². The van der Waals surface area contributed by atoms with Crippen molar-refractivity contribution in [1.29, 1.82) is 0 Å². The van der Waals surface area contributed by atoms with Gasteiger partial charge in [0.25, 0.3) is 0 Å². The van der Waals surface area contributed by atoms with Gasteiger partial charge in [-0.2, -0.15) is 0 Å². The molecule has 0 fully saturated rings. The normalized spacial score (nSPS) is 9.92. The molecule has 124 valence electrons. The number of hydrogen-bond acceptors (Lipinski definition) is 4. The van der Waals surface area contributed by atoms with Crippen LogP contribution < -0.4 is 10.6 Å². The zero-order valence-electron chi connectivity index (χ0n) is 12.8. The monoisotopic (exact) mass is 346 g/mol. The van der Waals surface area contributed by atoms with Crippen LogP contribution in [0.15, 0.2) is 48.5 Å². The molecule has 0 aromatic heterocycles. The highest BCUT2D eigenvalue weighted by atomic mass is 35.5. The summed E-state index contributed by atoms with van der Waals surface area (Å²) in [6.45, 7) is 0. The van der Waals surface area contributed by atoms with Crippen LogP contribution in [-0.4, -0.2) is 24.9 Å². The van der Waals surface area contributed by atoms with Crippen LogP contribution in [0.25, 0.3) is 0 Å². The van der Waals surface area contributed by atoms with Crippen LogP contribution in [0.1, 0.15) is 16.8 Å². The molecule has 24 heavy (non-hydrogen) atoms. The van der Waals surface area contributed by atoms with E-state index in [2.05, 4.69) is 15.4 Å². The van der Waals surface area contributed by atoms with Crippen LogP contribution >= 0.6 is 11.6 Å². The lowest BCUT2D eigenvalue weighted by molar-refractivity contribution is -0.123. The van der Waals surface area contributed by atoms with Crippen molar-refractivity contribution in [3.63, 3.8) is 0 Å². The number of carbonyl (C=O) groups excluding carboxylic acids is 3. The number of amides is 2. The minimum atomic E-state index is -0.508. The molecule has 0 bridgehead atoms. The van der Waals surface area contributed by atoms with E-state index in [0.29, 0.717) is 22.0 Å². The van der Waals surface area contributed by atoms with Gasteiger partial charge >= 0.3 is 5.97 Å². The second-order valence-electron chi connectivity index (χ2n) is 4.85. The first-order chi connectivity index (χ1) is 11.5. The third-order valence-electron chi connectivity index (χ3n) is 3.02. The zero-order valence-corrected chi connectivity index (χ0v) is 13.6. The zero-order chi connectivity index (χ0) is 17.5. The molecule has 0 atom stereocenters. The first kappa shape index (κ1) is 17.5. The number of hydrogen-bond donors (Lipinski definition) is 2. The van der Waals surface area contributed by atoms with E-state index in [1.165, 1.54) is 13.2 Å². The van der Waals surface area contributed by atoms with Crippen LogP contribution in [0.5, 0.6) is 0 Å². The smallest absolute Gasteiger partial charge is 0.337 e. The van der Waals surface area contributed by atoms with Gasteiger partial charge in [-0.1, -0.05) is 17.7 Å². The number of methoxy groups -OCH3 is 1. The fraction of sp³-hybridized carbons (Fsp3) is 0.118. The van der Waals surface area contributed by atoms with Gasteiger partial charge in [0.15, 0.2) is 0 Å². The van der Waals surface area contributed by atoms with E-state index >= 15 is 0 Å². The predicted octanol–water partition coefficient (Wildman–Crippen LogP) is 3.09. The Kier molecular flexibility index (Phi) is 5.92. The Morgan fingerprint density at radius 3 is 2.21 bits per heavy atom. The third-order valence-corrected chi connectivity index (χ3v) is 3.27. The molecule has 0 aliphatic heterocycles. The SMILES string of the molecule is COC(=O)c1cccc(NC(=O)CC(=O)Nc2ccc(Cl)cc2)c1. The van der Waals surface area contributed by atoms with Crippen LogP contribution in [-0.2, 0) is 14.3 Å². The lowest BCUT2D eigenvalue weighted by atomic mass is 10.2. The van der Waals surface area contributed by atoms with Gasteiger partial charge in [-0.3, -0.25) is 9.59 Å². The van der Waals surface area contributed by atoms with E-state index in [4.69, 9.17) is 11.6 Å². The van der Waals surface area contributed by atoms with Gasteiger partial charge < -0.3 is 15.4 Å². The highest BCUT2D eigenvalue weighted by molar-refractivity contribution is 6.30. The van der Waals surface area contributed by atoms with E-state index in [-0.39, 0.29) is 6.42 Å². The fourth-order valence-corrected chi connectivity index (χ4v) is 2.06. The van der Waals surface area contributed by atoms with Crippen molar-refractivity contribution in [3.8, 4) is 0 Å². The van der Waals surface area contributed by atoms with Crippen LogP contribution in [0, 0.1) is 0 Å². The lowest BCUT2D eigenvalue weighted by Crippen LogP contribution is -2.21. The molecule has 0 aliphatic carbocycles. The molecular formula is C17H15ClN2O4. The molecule has 2 aromatic carbocycles. The maximum atomic E-state index is 11.9. The Hall–Kier alpha value is -2.86. The van der Waals surface area contributed by atoms with Crippen LogP contribution in [0.4, 0.5) is 11.4 Å². The van der Waals surface area contributed by atoms with Crippen molar-refractivity contribution in [2.24, 2.45) is 0 Å². The number of ether oxygens (including phenoxy) is 1. The average molecular weight is 347 g/mol. The van der Waals surface area contributed by atoms with Crippen molar-refractivity contribution in [2.75, 3.05) is 17.7 Å². The van der Waals surface area contributed by atoms with Crippen molar-refractivity contribution in [3.05, 3.63) is 59.1 Å². The summed E-state index contributed by atoms with van der Waals surface area (Å²) < 4.78 is 4.61. The molecule has 2 N–H and O–H groups in total. The maximum Gasteiger partial charge on any atom is 0.337 e. The predicted molar refractivity (Wildman–Crippen MR) is 91.1 cm³/mol. The van der Waals surface area contributed by atoms with Gasteiger partial charge in [0, 0.05) is 16.4 Å². The number of anilines is 2. The minimum Gasteiger partial charge on any atom is -0.465 e. The van der Waals surface area contributed by atoms with Crippen molar-refractivity contribution in [2.45, 2.75) is 6.42 Å². The molecule has 7 heteroatoms. The Balaban J connectivity index is 1.91. The van der Waals surface area contributed by atoms with E-state index in [1.807, 2.05) is 0 Å². The molecule has 6 nitrogen and oxygen atoms in total. The Labute approximate surface area is 143 Å². The molecule has 0 heterocycles. The molecule has 0 saturated carbocycles. The van der Waals surface area contributed by atoms with Crippen molar-refractivity contribution in [1.82, 2.24) is 0 Å². The highest BCUT2D eigenvalue weighted by Crippen LogP contribution is 2.14. The largest absolute Gasteiger partial charge is 0.465 e. The number of benzene rings is 2. The summed E-state index contributed by atoms with van der Waals surface area (Å²) in [7, 11) is 1.27. The quantitative estimate of drug-likeness (QED) is 0.643. The average Bonchev–Trinajstić information content (AvgIpc) is 2.56.